The third-order valence-corrected chi connectivity index (χ3v) is 4.58. The molecule has 0 bridgehead atoms. The predicted octanol–water partition coefficient (Wildman–Crippen LogP) is 3.25. The van der Waals surface area contributed by atoms with Crippen LogP contribution in [-0.2, 0) is 6.42 Å². The Labute approximate surface area is 147 Å². The maximum Gasteiger partial charge on any atom is 0.289 e. The van der Waals surface area contributed by atoms with Gasteiger partial charge in [0.1, 0.15) is 11.5 Å². The maximum atomic E-state index is 14.1. The SMILES string of the molecule is Cc1ncoc1C(=O)NC1CCCc2c1cnn2-c1ccc(F)cc1F. The summed E-state index contributed by atoms with van der Waals surface area (Å²) in [6.45, 7) is 1.69. The van der Waals surface area contributed by atoms with Crippen molar-refractivity contribution in [3.63, 3.8) is 0 Å². The molecule has 0 radical (unpaired) electrons. The third-order valence-electron chi connectivity index (χ3n) is 4.58. The van der Waals surface area contributed by atoms with Crippen LogP contribution < -0.4 is 5.32 Å². The molecule has 8 heteroatoms. The molecule has 0 saturated heterocycles. The molecule has 4 rings (SSSR count). The summed E-state index contributed by atoms with van der Waals surface area (Å²) in [5.74, 6) is -1.49. The number of nitrogens with zero attached hydrogens (tertiary/aromatic N) is 3. The normalized spacial score (nSPS) is 16.3. The van der Waals surface area contributed by atoms with Crippen molar-refractivity contribution in [2.24, 2.45) is 0 Å². The van der Waals surface area contributed by atoms with Gasteiger partial charge in [-0.05, 0) is 38.3 Å². The molecule has 1 unspecified atom stereocenters. The van der Waals surface area contributed by atoms with E-state index >= 15 is 0 Å². The van der Waals surface area contributed by atoms with Gasteiger partial charge in [0.05, 0.1) is 17.9 Å². The second-order valence-corrected chi connectivity index (χ2v) is 6.24. The Balaban J connectivity index is 1.65. The number of hydrogen-bond acceptors (Lipinski definition) is 4. The molecule has 1 aromatic carbocycles. The molecule has 6 nitrogen and oxygen atoms in total. The molecule has 1 atom stereocenters. The minimum Gasteiger partial charge on any atom is -0.438 e. The lowest BCUT2D eigenvalue weighted by Crippen LogP contribution is -2.31. The van der Waals surface area contributed by atoms with Crippen LogP contribution in [0.4, 0.5) is 8.78 Å². The van der Waals surface area contributed by atoms with Crippen LogP contribution in [-0.4, -0.2) is 20.7 Å². The fraction of sp³-hybridized carbons (Fsp3) is 0.278. The maximum absolute atomic E-state index is 14.1. The summed E-state index contributed by atoms with van der Waals surface area (Å²) in [5.41, 5.74) is 2.33. The van der Waals surface area contributed by atoms with E-state index in [4.69, 9.17) is 4.42 Å². The number of fused-ring (bicyclic) bond motifs is 1. The highest BCUT2D eigenvalue weighted by Crippen LogP contribution is 2.32. The molecule has 1 N–H and O–H groups in total. The van der Waals surface area contributed by atoms with Crippen molar-refractivity contribution in [1.82, 2.24) is 20.1 Å². The van der Waals surface area contributed by atoms with E-state index in [2.05, 4.69) is 15.4 Å². The fourth-order valence-corrected chi connectivity index (χ4v) is 3.31. The van der Waals surface area contributed by atoms with E-state index in [9.17, 15) is 13.6 Å². The van der Waals surface area contributed by atoms with E-state index in [1.807, 2.05) is 0 Å². The van der Waals surface area contributed by atoms with Crippen molar-refractivity contribution in [3.8, 4) is 5.69 Å². The quantitative estimate of drug-likeness (QED) is 0.780. The molecular weight excluding hydrogens is 342 g/mol. The zero-order valence-electron chi connectivity index (χ0n) is 14.0. The van der Waals surface area contributed by atoms with Crippen LogP contribution >= 0.6 is 0 Å². The Kier molecular flexibility index (Phi) is 4.02. The molecule has 1 amide bonds. The number of amides is 1. The van der Waals surface area contributed by atoms with Crippen LogP contribution in [0.3, 0.4) is 0 Å². The molecule has 2 heterocycles. The highest BCUT2D eigenvalue weighted by Gasteiger charge is 2.28. The number of halogens is 2. The van der Waals surface area contributed by atoms with Crippen molar-refractivity contribution in [3.05, 3.63) is 65.1 Å². The first-order valence-electron chi connectivity index (χ1n) is 8.27. The van der Waals surface area contributed by atoms with Gasteiger partial charge in [0.2, 0.25) is 5.76 Å². The first-order chi connectivity index (χ1) is 12.5. The van der Waals surface area contributed by atoms with Crippen molar-refractivity contribution >= 4 is 5.91 Å². The van der Waals surface area contributed by atoms with E-state index in [1.165, 1.54) is 23.2 Å². The van der Waals surface area contributed by atoms with Gasteiger partial charge in [-0.25, -0.2) is 18.4 Å². The lowest BCUT2D eigenvalue weighted by Gasteiger charge is -2.24. The smallest absolute Gasteiger partial charge is 0.289 e. The second-order valence-electron chi connectivity index (χ2n) is 6.24. The summed E-state index contributed by atoms with van der Waals surface area (Å²) in [5, 5.41) is 7.19. The number of hydrogen-bond donors (Lipinski definition) is 1. The Morgan fingerprint density at radius 2 is 2.23 bits per heavy atom. The first kappa shape index (κ1) is 16.4. The molecule has 134 valence electrons. The molecule has 2 aromatic heterocycles. The van der Waals surface area contributed by atoms with Gasteiger partial charge in [-0.1, -0.05) is 0 Å². The van der Waals surface area contributed by atoms with Gasteiger partial charge in [-0.15, -0.1) is 0 Å². The molecular formula is C18H16F2N4O2. The molecule has 0 aliphatic heterocycles. The van der Waals surface area contributed by atoms with Gasteiger partial charge >= 0.3 is 0 Å². The van der Waals surface area contributed by atoms with Crippen molar-refractivity contribution in [2.75, 3.05) is 0 Å². The van der Waals surface area contributed by atoms with E-state index in [0.29, 0.717) is 12.1 Å². The highest BCUT2D eigenvalue weighted by molar-refractivity contribution is 5.92. The number of carbonyl (C=O) groups excluding carboxylic acids is 1. The molecule has 1 aliphatic carbocycles. The van der Waals surface area contributed by atoms with Crippen LogP contribution in [0.5, 0.6) is 0 Å². The summed E-state index contributed by atoms with van der Waals surface area (Å²) >= 11 is 0. The average Bonchev–Trinajstić information content (AvgIpc) is 3.22. The van der Waals surface area contributed by atoms with Gasteiger partial charge in [-0.3, -0.25) is 4.79 Å². The Morgan fingerprint density at radius 3 is 2.96 bits per heavy atom. The molecule has 0 saturated carbocycles. The van der Waals surface area contributed by atoms with Crippen LogP contribution in [0.25, 0.3) is 5.69 Å². The number of rotatable bonds is 3. The molecule has 1 aliphatic rings. The summed E-state index contributed by atoms with van der Waals surface area (Å²) in [6, 6.07) is 3.13. The predicted molar refractivity (Wildman–Crippen MR) is 87.9 cm³/mol. The van der Waals surface area contributed by atoms with Crippen LogP contribution in [0.2, 0.25) is 0 Å². The van der Waals surface area contributed by atoms with E-state index in [0.717, 1.165) is 30.2 Å². The minimum atomic E-state index is -0.681. The van der Waals surface area contributed by atoms with Gasteiger partial charge in [0.25, 0.3) is 5.91 Å². The molecule has 0 spiro atoms. The van der Waals surface area contributed by atoms with Crippen LogP contribution in [0.1, 0.15) is 46.4 Å². The Morgan fingerprint density at radius 1 is 1.38 bits per heavy atom. The number of nitrogens with one attached hydrogen (secondary N) is 1. The molecule has 26 heavy (non-hydrogen) atoms. The number of carbonyl (C=O) groups is 1. The summed E-state index contributed by atoms with van der Waals surface area (Å²) < 4.78 is 33.9. The van der Waals surface area contributed by atoms with Crippen molar-refractivity contribution in [1.29, 1.82) is 0 Å². The third kappa shape index (κ3) is 2.77. The zero-order chi connectivity index (χ0) is 18.3. The first-order valence-corrected chi connectivity index (χ1v) is 8.27. The Bertz CT molecular complexity index is 979. The lowest BCUT2D eigenvalue weighted by molar-refractivity contribution is 0.0903. The number of aryl methyl sites for hydroxylation is 1. The van der Waals surface area contributed by atoms with Crippen molar-refractivity contribution in [2.45, 2.75) is 32.2 Å². The average molecular weight is 358 g/mol. The van der Waals surface area contributed by atoms with Crippen molar-refractivity contribution < 1.29 is 18.0 Å². The van der Waals surface area contributed by atoms with Gasteiger partial charge in [-0.2, -0.15) is 5.10 Å². The van der Waals surface area contributed by atoms with E-state index in [-0.39, 0.29) is 23.4 Å². The van der Waals surface area contributed by atoms with Crippen LogP contribution in [0.15, 0.2) is 35.2 Å². The molecule has 3 aromatic rings. The summed E-state index contributed by atoms with van der Waals surface area (Å²) in [4.78, 5) is 16.3. The minimum absolute atomic E-state index is 0.175. The summed E-state index contributed by atoms with van der Waals surface area (Å²) in [6.07, 6.45) is 5.09. The van der Waals surface area contributed by atoms with Gasteiger partial charge < -0.3 is 9.73 Å². The lowest BCUT2D eigenvalue weighted by atomic mass is 9.92. The van der Waals surface area contributed by atoms with Crippen LogP contribution in [0, 0.1) is 18.6 Å². The highest BCUT2D eigenvalue weighted by atomic mass is 19.1. The fourth-order valence-electron chi connectivity index (χ4n) is 3.31. The standard InChI is InChI=1S/C18H16F2N4O2/c1-10-17(26-9-21-10)18(25)23-14-3-2-4-15-12(14)8-22-24(15)16-6-5-11(19)7-13(16)20/h5-9,14H,2-4H2,1H3,(H,23,25). The molecule has 0 fully saturated rings. The second kappa shape index (κ2) is 6.36. The number of oxazole rings is 1. The Hall–Kier alpha value is -3.03. The monoisotopic (exact) mass is 358 g/mol. The van der Waals surface area contributed by atoms with Gasteiger partial charge in [0, 0.05) is 17.3 Å². The number of aromatic nitrogens is 3. The van der Waals surface area contributed by atoms with E-state index in [1.54, 1.807) is 13.1 Å². The topological polar surface area (TPSA) is 73.0 Å². The number of benzene rings is 1. The van der Waals surface area contributed by atoms with E-state index < -0.39 is 11.6 Å². The summed E-state index contributed by atoms with van der Waals surface area (Å²) in [7, 11) is 0. The zero-order valence-corrected chi connectivity index (χ0v) is 14.0. The largest absolute Gasteiger partial charge is 0.438 e. The van der Waals surface area contributed by atoms with Gasteiger partial charge in [0.15, 0.2) is 12.2 Å².